The van der Waals surface area contributed by atoms with Crippen molar-refractivity contribution in [2.45, 2.75) is 13.3 Å². The summed E-state index contributed by atoms with van der Waals surface area (Å²) in [6.07, 6.45) is 0.810. The number of aliphatic carboxylic acids is 1. The number of hydrazone groups is 1. The van der Waals surface area contributed by atoms with E-state index in [1.54, 1.807) is 0 Å². The Bertz CT molecular complexity index is 352. The molecule has 1 aromatic carbocycles. The van der Waals surface area contributed by atoms with Crippen LogP contribution in [0.1, 0.15) is 12.5 Å². The topological polar surface area (TPSA) is 64.5 Å². The van der Waals surface area contributed by atoms with Crippen LogP contribution >= 0.6 is 0 Å². The van der Waals surface area contributed by atoms with Crippen LogP contribution in [0, 0.1) is 0 Å². The molecule has 0 bridgehead atoms. The third-order valence-corrected chi connectivity index (χ3v) is 1.91. The molecular weight excluding hydrogens is 215 g/mol. The Morgan fingerprint density at radius 3 is 2.56 bits per heavy atom. The van der Waals surface area contributed by atoms with E-state index in [9.17, 15) is 9.90 Å². The number of rotatable bonds is 5. The molecule has 0 heterocycles. The van der Waals surface area contributed by atoms with Gasteiger partial charge in [0.1, 0.15) is 0 Å². The summed E-state index contributed by atoms with van der Waals surface area (Å²) >= 11 is 0. The average Bonchev–Trinajstić information content (AvgIpc) is 2.25. The van der Waals surface area contributed by atoms with E-state index in [0.29, 0.717) is 6.54 Å². The number of carbonyl (C=O) groups excluding carboxylic acids is 1. The molecule has 1 rings (SSSR count). The molecule has 0 aliphatic rings. The minimum Gasteiger partial charge on any atom is -0.543 e. The van der Waals surface area contributed by atoms with E-state index in [4.69, 9.17) is 0 Å². The first-order valence-electron chi connectivity index (χ1n) is 4.72. The summed E-state index contributed by atoms with van der Waals surface area (Å²) in [4.78, 5) is 10.3. The van der Waals surface area contributed by atoms with Crippen LogP contribution in [0.5, 0.6) is 0 Å². The maximum atomic E-state index is 10.3. The maximum absolute atomic E-state index is 10.3. The second-order valence-electron chi connectivity index (χ2n) is 3.13. The van der Waals surface area contributed by atoms with E-state index in [2.05, 4.69) is 10.5 Å². The average molecular weight is 228 g/mol. The molecule has 80 valence electrons. The fraction of sp³-hybridized carbons (Fsp3) is 0.273. The van der Waals surface area contributed by atoms with Gasteiger partial charge in [0.15, 0.2) is 0 Å². The first-order chi connectivity index (χ1) is 7.20. The number of hydrogen-bond donors (Lipinski definition) is 1. The second-order valence-corrected chi connectivity index (χ2v) is 3.13. The van der Waals surface area contributed by atoms with E-state index in [1.165, 1.54) is 12.5 Å². The largest absolute Gasteiger partial charge is 1.00 e. The number of carboxylic acids is 1. The van der Waals surface area contributed by atoms with E-state index >= 15 is 0 Å². The van der Waals surface area contributed by atoms with Crippen LogP contribution in [0.15, 0.2) is 35.4 Å². The Morgan fingerprint density at radius 2 is 2.00 bits per heavy atom. The second kappa shape index (κ2) is 8.33. The van der Waals surface area contributed by atoms with Crippen molar-refractivity contribution in [2.75, 3.05) is 6.54 Å². The van der Waals surface area contributed by atoms with Crippen molar-refractivity contribution in [3.63, 3.8) is 0 Å². The molecule has 0 fully saturated rings. The van der Waals surface area contributed by atoms with Crippen LogP contribution in [0.2, 0.25) is 0 Å². The SMILES string of the molecule is C/C(=N/NCCc1ccccc1)C(=O)[O-].[Na+]. The van der Waals surface area contributed by atoms with Gasteiger partial charge in [-0.15, -0.1) is 0 Å². The predicted octanol–water partition coefficient (Wildman–Crippen LogP) is -3.05. The normalized spacial score (nSPS) is 10.4. The zero-order valence-corrected chi connectivity index (χ0v) is 11.6. The van der Waals surface area contributed by atoms with Gasteiger partial charge in [0.25, 0.3) is 0 Å². The van der Waals surface area contributed by atoms with Gasteiger partial charge in [0.05, 0.1) is 11.7 Å². The van der Waals surface area contributed by atoms with Crippen molar-refractivity contribution < 1.29 is 39.5 Å². The number of carboxylic acid groups (broad SMARTS) is 1. The third kappa shape index (κ3) is 5.90. The van der Waals surface area contributed by atoms with Crippen molar-refractivity contribution in [1.29, 1.82) is 0 Å². The summed E-state index contributed by atoms with van der Waals surface area (Å²) in [5, 5.41) is 13.9. The number of benzene rings is 1. The van der Waals surface area contributed by atoms with Crippen molar-refractivity contribution >= 4 is 11.7 Å². The molecular formula is C11H13N2NaO2. The number of nitrogens with one attached hydrogen (secondary N) is 1. The molecule has 0 aromatic heterocycles. The quantitative estimate of drug-likeness (QED) is 0.252. The number of hydrogen-bond acceptors (Lipinski definition) is 4. The Hall–Kier alpha value is -0.840. The molecule has 0 unspecified atom stereocenters. The van der Waals surface area contributed by atoms with E-state index in [-0.39, 0.29) is 35.3 Å². The van der Waals surface area contributed by atoms with Crippen molar-refractivity contribution in [2.24, 2.45) is 5.10 Å². The Kier molecular flexibility index (Phi) is 7.89. The van der Waals surface area contributed by atoms with Crippen molar-refractivity contribution in [3.8, 4) is 0 Å². The van der Waals surface area contributed by atoms with Gasteiger partial charge >= 0.3 is 29.6 Å². The predicted molar refractivity (Wildman–Crippen MR) is 56.3 cm³/mol. The molecule has 16 heavy (non-hydrogen) atoms. The van der Waals surface area contributed by atoms with Gasteiger partial charge in [0.2, 0.25) is 0 Å². The van der Waals surface area contributed by atoms with Crippen LogP contribution in [-0.4, -0.2) is 18.2 Å². The zero-order valence-electron chi connectivity index (χ0n) is 9.56. The van der Waals surface area contributed by atoms with Gasteiger partial charge < -0.3 is 15.3 Å². The summed E-state index contributed by atoms with van der Waals surface area (Å²) in [5.41, 5.74) is 3.83. The monoisotopic (exact) mass is 228 g/mol. The number of nitrogens with zero attached hydrogens (tertiary/aromatic N) is 1. The van der Waals surface area contributed by atoms with E-state index in [0.717, 1.165) is 6.42 Å². The van der Waals surface area contributed by atoms with Gasteiger partial charge in [-0.05, 0) is 18.9 Å². The molecule has 1 aromatic rings. The van der Waals surface area contributed by atoms with Crippen LogP contribution in [0.4, 0.5) is 0 Å². The Balaban J connectivity index is 0.00000225. The minimum absolute atomic E-state index is 0. The Morgan fingerprint density at radius 1 is 1.38 bits per heavy atom. The minimum atomic E-state index is -1.25. The molecule has 0 amide bonds. The first-order valence-corrected chi connectivity index (χ1v) is 4.72. The molecule has 0 radical (unpaired) electrons. The standard InChI is InChI=1S/C11H14N2O2.Na/c1-9(11(14)15)13-12-8-7-10-5-3-2-4-6-10;/h2-6,12H,7-8H2,1H3,(H,14,15);/q;+1/p-1/b13-9-;. The smallest absolute Gasteiger partial charge is 0.543 e. The summed E-state index contributed by atoms with van der Waals surface area (Å²) < 4.78 is 0. The molecule has 0 aliphatic carbocycles. The van der Waals surface area contributed by atoms with Gasteiger partial charge in [0, 0.05) is 6.54 Å². The molecule has 4 nitrogen and oxygen atoms in total. The zero-order chi connectivity index (χ0) is 11.1. The van der Waals surface area contributed by atoms with Crippen LogP contribution < -0.4 is 40.1 Å². The summed E-state index contributed by atoms with van der Waals surface area (Å²) in [7, 11) is 0. The van der Waals surface area contributed by atoms with E-state index < -0.39 is 5.97 Å². The van der Waals surface area contributed by atoms with E-state index in [1.807, 2.05) is 30.3 Å². The van der Waals surface area contributed by atoms with Gasteiger partial charge in [-0.1, -0.05) is 30.3 Å². The molecule has 0 atom stereocenters. The molecule has 1 N–H and O–H groups in total. The summed E-state index contributed by atoms with van der Waals surface area (Å²) in [5.74, 6) is -1.25. The fourth-order valence-electron chi connectivity index (χ4n) is 1.07. The van der Waals surface area contributed by atoms with Crippen molar-refractivity contribution in [3.05, 3.63) is 35.9 Å². The fourth-order valence-corrected chi connectivity index (χ4v) is 1.07. The van der Waals surface area contributed by atoms with Crippen LogP contribution in [0.25, 0.3) is 0 Å². The molecule has 0 saturated carbocycles. The van der Waals surface area contributed by atoms with Gasteiger partial charge in [-0.2, -0.15) is 5.10 Å². The van der Waals surface area contributed by atoms with Crippen molar-refractivity contribution in [1.82, 2.24) is 5.43 Å². The maximum Gasteiger partial charge on any atom is 1.00 e. The summed E-state index contributed by atoms with van der Waals surface area (Å²) in [6.45, 7) is 2.00. The molecule has 0 spiro atoms. The van der Waals surface area contributed by atoms with Crippen LogP contribution in [0.3, 0.4) is 0 Å². The third-order valence-electron chi connectivity index (χ3n) is 1.91. The summed E-state index contributed by atoms with van der Waals surface area (Å²) in [6, 6.07) is 9.90. The van der Waals surface area contributed by atoms with Gasteiger partial charge in [-0.3, -0.25) is 0 Å². The molecule has 5 heteroatoms. The Labute approximate surface area is 117 Å². The number of carbonyl (C=O) groups is 1. The van der Waals surface area contributed by atoms with Crippen LogP contribution in [-0.2, 0) is 11.2 Å². The molecule has 0 saturated heterocycles. The molecule has 0 aliphatic heterocycles. The van der Waals surface area contributed by atoms with Gasteiger partial charge in [-0.25, -0.2) is 0 Å². The first kappa shape index (κ1) is 15.2.